The van der Waals surface area contributed by atoms with E-state index in [1.54, 1.807) is 48.3 Å². The number of aromatic nitrogens is 4. The van der Waals surface area contributed by atoms with Crippen LogP contribution in [0.2, 0.25) is 0 Å². The van der Waals surface area contributed by atoms with Gasteiger partial charge in [0, 0.05) is 45.4 Å². The zero-order valence-electron chi connectivity index (χ0n) is 12.6. The molecular weight excluding hydrogens is 284 g/mol. The Morgan fingerprint density at radius 2 is 2.14 bits per heavy atom. The van der Waals surface area contributed by atoms with Crippen molar-refractivity contribution >= 4 is 11.7 Å². The summed E-state index contributed by atoms with van der Waals surface area (Å²) in [6.45, 7) is 1.43. The first-order chi connectivity index (χ1) is 10.7. The number of carbonyl (C=O) groups excluding carboxylic acids is 1. The normalized spacial score (nSPS) is 18.3. The minimum atomic E-state index is -0.297. The second kappa shape index (κ2) is 6.10. The Bertz CT molecular complexity index is 671. The monoisotopic (exact) mass is 302 g/mol. The summed E-state index contributed by atoms with van der Waals surface area (Å²) >= 11 is 0. The number of nitrogens with zero attached hydrogens (tertiary/aromatic N) is 5. The molecule has 0 saturated carbocycles. The molecular formula is C14H18N6O2. The molecule has 1 N–H and O–H groups in total. The van der Waals surface area contributed by atoms with Gasteiger partial charge in [-0.3, -0.25) is 9.78 Å². The standard InChI is InChI=1S/C14H18N6O2/c1-15-12-11(16-3-4-17-12)10-9-20(7-8-22-10)14(21)13-18-5-6-19(13)2/h3-6,10H,7-9H2,1-2H3,(H,15,17). The lowest BCUT2D eigenvalue weighted by molar-refractivity contribution is -0.0250. The highest BCUT2D eigenvalue weighted by molar-refractivity contribution is 5.90. The van der Waals surface area contributed by atoms with Crippen molar-refractivity contribution < 1.29 is 9.53 Å². The maximum atomic E-state index is 12.5. The summed E-state index contributed by atoms with van der Waals surface area (Å²) in [6, 6.07) is 0. The van der Waals surface area contributed by atoms with Crippen molar-refractivity contribution in [1.29, 1.82) is 0 Å². The molecule has 3 heterocycles. The van der Waals surface area contributed by atoms with Crippen molar-refractivity contribution in [3.8, 4) is 0 Å². The third-order valence-electron chi connectivity index (χ3n) is 3.63. The molecule has 3 rings (SSSR count). The van der Waals surface area contributed by atoms with Gasteiger partial charge in [0.05, 0.1) is 13.2 Å². The molecule has 0 spiro atoms. The number of hydrogen-bond donors (Lipinski definition) is 1. The SMILES string of the molecule is CNc1nccnc1C1CN(C(=O)c2nccn2C)CCO1. The number of anilines is 1. The van der Waals surface area contributed by atoms with E-state index in [1.165, 1.54) is 0 Å². The Kier molecular flexibility index (Phi) is 4.01. The molecule has 0 aliphatic carbocycles. The van der Waals surface area contributed by atoms with E-state index in [2.05, 4.69) is 20.3 Å². The summed E-state index contributed by atoms with van der Waals surface area (Å²) < 4.78 is 7.49. The van der Waals surface area contributed by atoms with Crippen LogP contribution in [0.5, 0.6) is 0 Å². The van der Waals surface area contributed by atoms with Crippen LogP contribution < -0.4 is 5.32 Å². The molecule has 0 bridgehead atoms. The van der Waals surface area contributed by atoms with E-state index >= 15 is 0 Å². The average molecular weight is 302 g/mol. The molecule has 8 nitrogen and oxygen atoms in total. The second-order valence-corrected chi connectivity index (χ2v) is 5.01. The zero-order valence-corrected chi connectivity index (χ0v) is 12.6. The number of aryl methyl sites for hydroxylation is 1. The van der Waals surface area contributed by atoms with Crippen molar-refractivity contribution in [2.75, 3.05) is 32.1 Å². The van der Waals surface area contributed by atoms with Crippen LogP contribution >= 0.6 is 0 Å². The number of ether oxygens (including phenoxy) is 1. The molecule has 1 fully saturated rings. The molecule has 1 aliphatic heterocycles. The quantitative estimate of drug-likeness (QED) is 0.887. The van der Waals surface area contributed by atoms with E-state index in [-0.39, 0.29) is 12.0 Å². The number of amides is 1. The minimum Gasteiger partial charge on any atom is -0.372 e. The van der Waals surface area contributed by atoms with E-state index < -0.39 is 0 Å². The third kappa shape index (κ3) is 2.64. The Labute approximate surface area is 128 Å². The van der Waals surface area contributed by atoms with E-state index in [4.69, 9.17) is 4.74 Å². The van der Waals surface area contributed by atoms with Crippen LogP contribution in [0.25, 0.3) is 0 Å². The summed E-state index contributed by atoms with van der Waals surface area (Å²) in [6.07, 6.45) is 6.32. The molecule has 0 radical (unpaired) electrons. The number of carbonyl (C=O) groups is 1. The molecule has 1 amide bonds. The van der Waals surface area contributed by atoms with Crippen molar-refractivity contribution in [3.05, 3.63) is 36.3 Å². The molecule has 0 aromatic carbocycles. The molecule has 22 heavy (non-hydrogen) atoms. The average Bonchev–Trinajstić information content (AvgIpc) is 3.00. The first kappa shape index (κ1) is 14.5. The van der Waals surface area contributed by atoms with Gasteiger partial charge in [-0.1, -0.05) is 0 Å². The van der Waals surface area contributed by atoms with Crippen LogP contribution in [0.1, 0.15) is 22.4 Å². The van der Waals surface area contributed by atoms with E-state index in [9.17, 15) is 4.79 Å². The van der Waals surface area contributed by atoms with Crippen molar-refractivity contribution in [1.82, 2.24) is 24.4 Å². The van der Waals surface area contributed by atoms with E-state index in [0.717, 1.165) is 0 Å². The highest BCUT2D eigenvalue weighted by Crippen LogP contribution is 2.25. The fourth-order valence-corrected chi connectivity index (χ4v) is 2.49. The van der Waals surface area contributed by atoms with Crippen LogP contribution in [0.3, 0.4) is 0 Å². The largest absolute Gasteiger partial charge is 0.372 e. The smallest absolute Gasteiger partial charge is 0.290 e. The highest BCUT2D eigenvalue weighted by atomic mass is 16.5. The van der Waals surface area contributed by atoms with Gasteiger partial charge in [0.15, 0.2) is 5.82 Å². The molecule has 2 aromatic rings. The van der Waals surface area contributed by atoms with Crippen molar-refractivity contribution in [3.63, 3.8) is 0 Å². The lowest BCUT2D eigenvalue weighted by Gasteiger charge is -2.32. The first-order valence-electron chi connectivity index (χ1n) is 7.07. The van der Waals surface area contributed by atoms with Crippen LogP contribution in [0.15, 0.2) is 24.8 Å². The summed E-state index contributed by atoms with van der Waals surface area (Å²) in [5, 5.41) is 3.00. The molecule has 1 atom stereocenters. The zero-order chi connectivity index (χ0) is 15.5. The van der Waals surface area contributed by atoms with Crippen LogP contribution in [0.4, 0.5) is 5.82 Å². The van der Waals surface area contributed by atoms with E-state index in [1.807, 2.05) is 0 Å². The number of morpholine rings is 1. The number of nitrogens with one attached hydrogen (secondary N) is 1. The summed E-state index contributed by atoms with van der Waals surface area (Å²) in [5.41, 5.74) is 0.711. The topological polar surface area (TPSA) is 85.2 Å². The predicted octanol–water partition coefficient (Wildman–Crippen LogP) is 0.465. The van der Waals surface area contributed by atoms with Gasteiger partial charge in [0.1, 0.15) is 17.6 Å². The Morgan fingerprint density at radius 1 is 1.32 bits per heavy atom. The van der Waals surface area contributed by atoms with Gasteiger partial charge in [-0.2, -0.15) is 0 Å². The van der Waals surface area contributed by atoms with Crippen LogP contribution in [0, 0.1) is 0 Å². The Balaban J connectivity index is 1.80. The lowest BCUT2D eigenvalue weighted by Crippen LogP contribution is -2.43. The summed E-state index contributed by atoms with van der Waals surface area (Å²) in [7, 11) is 3.59. The Hall–Kier alpha value is -2.48. The summed E-state index contributed by atoms with van der Waals surface area (Å²) in [5.74, 6) is 0.989. The van der Waals surface area contributed by atoms with Crippen LogP contribution in [-0.2, 0) is 11.8 Å². The van der Waals surface area contributed by atoms with Gasteiger partial charge in [-0.15, -0.1) is 0 Å². The van der Waals surface area contributed by atoms with Gasteiger partial charge in [-0.25, -0.2) is 9.97 Å². The van der Waals surface area contributed by atoms with Crippen LogP contribution in [-0.4, -0.2) is 57.1 Å². The molecule has 1 unspecified atom stereocenters. The number of rotatable bonds is 3. The van der Waals surface area contributed by atoms with Gasteiger partial charge in [-0.05, 0) is 0 Å². The highest BCUT2D eigenvalue weighted by Gasteiger charge is 2.30. The van der Waals surface area contributed by atoms with Gasteiger partial charge in [0.2, 0.25) is 0 Å². The number of imidazole rings is 1. The van der Waals surface area contributed by atoms with Gasteiger partial charge < -0.3 is 19.5 Å². The molecule has 2 aromatic heterocycles. The third-order valence-corrected chi connectivity index (χ3v) is 3.63. The maximum absolute atomic E-state index is 12.5. The Morgan fingerprint density at radius 3 is 2.86 bits per heavy atom. The molecule has 8 heteroatoms. The fourth-order valence-electron chi connectivity index (χ4n) is 2.49. The predicted molar refractivity (Wildman–Crippen MR) is 79.4 cm³/mol. The molecule has 1 saturated heterocycles. The molecule has 1 aliphatic rings. The van der Waals surface area contributed by atoms with E-state index in [0.29, 0.717) is 37.0 Å². The lowest BCUT2D eigenvalue weighted by atomic mass is 10.2. The van der Waals surface area contributed by atoms with Gasteiger partial charge >= 0.3 is 0 Å². The minimum absolute atomic E-state index is 0.101. The maximum Gasteiger partial charge on any atom is 0.290 e. The number of hydrogen-bond acceptors (Lipinski definition) is 6. The summed E-state index contributed by atoms with van der Waals surface area (Å²) in [4.78, 5) is 27.0. The fraction of sp³-hybridized carbons (Fsp3) is 0.429. The second-order valence-electron chi connectivity index (χ2n) is 5.01. The van der Waals surface area contributed by atoms with Gasteiger partial charge in [0.25, 0.3) is 5.91 Å². The first-order valence-corrected chi connectivity index (χ1v) is 7.07. The molecule has 116 valence electrons. The van der Waals surface area contributed by atoms with Crippen molar-refractivity contribution in [2.24, 2.45) is 7.05 Å². The van der Waals surface area contributed by atoms with Crippen molar-refractivity contribution in [2.45, 2.75) is 6.10 Å².